The quantitative estimate of drug-likeness (QED) is 0.877. The third-order valence-corrected chi connectivity index (χ3v) is 4.28. The number of piperidine rings is 1. The fourth-order valence-electron chi connectivity index (χ4n) is 3.41. The van der Waals surface area contributed by atoms with Gasteiger partial charge in [0.25, 0.3) is 0 Å². The number of aromatic nitrogens is 2. The van der Waals surface area contributed by atoms with E-state index < -0.39 is 0 Å². The summed E-state index contributed by atoms with van der Waals surface area (Å²) in [6, 6.07) is 2.14. The molecule has 0 amide bonds. The van der Waals surface area contributed by atoms with E-state index in [1.807, 2.05) is 6.92 Å². The lowest BCUT2D eigenvalue weighted by Gasteiger charge is -2.36. The van der Waals surface area contributed by atoms with Crippen LogP contribution in [0, 0.1) is 6.92 Å². The second kappa shape index (κ2) is 4.97. The first-order chi connectivity index (χ1) is 8.74. The van der Waals surface area contributed by atoms with Crippen LogP contribution in [-0.2, 0) is 6.54 Å². The molecule has 18 heavy (non-hydrogen) atoms. The number of hydrogen-bond acceptors (Lipinski definition) is 5. The highest BCUT2D eigenvalue weighted by atomic mass is 16.5. The third-order valence-electron chi connectivity index (χ3n) is 4.28. The Morgan fingerprint density at radius 1 is 1.33 bits per heavy atom. The molecule has 3 heterocycles. The first kappa shape index (κ1) is 12.1. The SMILES string of the molecule is CCN(Cc1noc(C)n1)C1CC2CCC(C1)N2. The van der Waals surface area contributed by atoms with Crippen molar-refractivity contribution in [1.82, 2.24) is 20.4 Å². The van der Waals surface area contributed by atoms with Gasteiger partial charge in [0.15, 0.2) is 5.82 Å². The second-order valence-corrected chi connectivity index (χ2v) is 5.56. The summed E-state index contributed by atoms with van der Waals surface area (Å²) in [5.41, 5.74) is 0. The van der Waals surface area contributed by atoms with Crippen LogP contribution < -0.4 is 5.32 Å². The fourth-order valence-corrected chi connectivity index (χ4v) is 3.41. The average molecular weight is 250 g/mol. The highest BCUT2D eigenvalue weighted by Gasteiger charge is 2.35. The maximum absolute atomic E-state index is 5.05. The lowest BCUT2D eigenvalue weighted by molar-refractivity contribution is 0.136. The van der Waals surface area contributed by atoms with Crippen LogP contribution >= 0.6 is 0 Å². The van der Waals surface area contributed by atoms with Crippen LogP contribution in [0.5, 0.6) is 0 Å². The summed E-state index contributed by atoms with van der Waals surface area (Å²) in [5, 5.41) is 7.70. The zero-order valence-electron chi connectivity index (χ0n) is 11.2. The standard InChI is InChI=1S/C13H22N4O/c1-3-17(8-13-14-9(2)18-16-13)12-6-10-4-5-11(7-12)15-10/h10-12,15H,3-8H2,1-2H3. The smallest absolute Gasteiger partial charge is 0.223 e. The Bertz CT molecular complexity index is 393. The summed E-state index contributed by atoms with van der Waals surface area (Å²) in [6.45, 7) is 5.93. The third kappa shape index (κ3) is 2.42. The van der Waals surface area contributed by atoms with E-state index in [0.29, 0.717) is 11.9 Å². The Morgan fingerprint density at radius 2 is 2.06 bits per heavy atom. The Morgan fingerprint density at radius 3 is 2.61 bits per heavy atom. The number of rotatable bonds is 4. The highest BCUT2D eigenvalue weighted by molar-refractivity contribution is 4.96. The molecule has 2 aliphatic heterocycles. The van der Waals surface area contributed by atoms with Gasteiger partial charge in [-0.25, -0.2) is 0 Å². The van der Waals surface area contributed by atoms with Crippen molar-refractivity contribution in [3.05, 3.63) is 11.7 Å². The van der Waals surface area contributed by atoms with Gasteiger partial charge in [0.2, 0.25) is 5.89 Å². The largest absolute Gasteiger partial charge is 0.340 e. The highest BCUT2D eigenvalue weighted by Crippen LogP contribution is 2.30. The topological polar surface area (TPSA) is 54.2 Å². The predicted molar refractivity (Wildman–Crippen MR) is 68.1 cm³/mol. The van der Waals surface area contributed by atoms with Crippen LogP contribution in [0.2, 0.25) is 0 Å². The number of aryl methyl sites for hydroxylation is 1. The van der Waals surface area contributed by atoms with Crippen LogP contribution in [0.25, 0.3) is 0 Å². The van der Waals surface area contributed by atoms with E-state index in [0.717, 1.165) is 31.0 Å². The minimum Gasteiger partial charge on any atom is -0.340 e. The summed E-state index contributed by atoms with van der Waals surface area (Å²) in [6.07, 6.45) is 5.22. The van der Waals surface area contributed by atoms with Crippen molar-refractivity contribution in [2.75, 3.05) is 6.54 Å². The van der Waals surface area contributed by atoms with Crippen molar-refractivity contribution in [2.45, 2.75) is 64.2 Å². The van der Waals surface area contributed by atoms with Crippen molar-refractivity contribution >= 4 is 0 Å². The molecular formula is C13H22N4O. The zero-order valence-corrected chi connectivity index (χ0v) is 11.2. The van der Waals surface area contributed by atoms with Gasteiger partial charge >= 0.3 is 0 Å². The van der Waals surface area contributed by atoms with Gasteiger partial charge in [-0.2, -0.15) is 4.98 Å². The Labute approximate surface area is 108 Å². The van der Waals surface area contributed by atoms with Crippen LogP contribution in [0.3, 0.4) is 0 Å². The monoisotopic (exact) mass is 250 g/mol. The van der Waals surface area contributed by atoms with E-state index in [1.165, 1.54) is 25.7 Å². The molecule has 0 saturated carbocycles. The molecule has 0 aromatic carbocycles. The van der Waals surface area contributed by atoms with Gasteiger partial charge < -0.3 is 9.84 Å². The summed E-state index contributed by atoms with van der Waals surface area (Å²) in [7, 11) is 0. The minimum absolute atomic E-state index is 0.659. The molecule has 5 nitrogen and oxygen atoms in total. The maximum atomic E-state index is 5.05. The first-order valence-electron chi connectivity index (χ1n) is 7.04. The van der Waals surface area contributed by atoms with Crippen LogP contribution in [0.4, 0.5) is 0 Å². The van der Waals surface area contributed by atoms with Crippen molar-refractivity contribution < 1.29 is 4.52 Å². The molecule has 2 aliphatic rings. The van der Waals surface area contributed by atoms with Gasteiger partial charge in [0.1, 0.15) is 0 Å². The van der Waals surface area contributed by atoms with Crippen molar-refractivity contribution in [3.63, 3.8) is 0 Å². The van der Waals surface area contributed by atoms with E-state index in [4.69, 9.17) is 4.52 Å². The van der Waals surface area contributed by atoms with Gasteiger partial charge in [-0.3, -0.25) is 4.90 Å². The molecule has 2 fully saturated rings. The van der Waals surface area contributed by atoms with Crippen molar-refractivity contribution in [2.24, 2.45) is 0 Å². The summed E-state index contributed by atoms with van der Waals surface area (Å²) >= 11 is 0. The van der Waals surface area contributed by atoms with Crippen LogP contribution in [0.15, 0.2) is 4.52 Å². The first-order valence-corrected chi connectivity index (χ1v) is 7.04. The zero-order chi connectivity index (χ0) is 12.5. The van der Waals surface area contributed by atoms with Gasteiger partial charge in [-0.1, -0.05) is 12.1 Å². The van der Waals surface area contributed by atoms with Crippen LogP contribution in [-0.4, -0.2) is 39.7 Å². The minimum atomic E-state index is 0.659. The molecule has 1 aromatic heterocycles. The normalized spacial score (nSPS) is 31.2. The van der Waals surface area contributed by atoms with Crippen molar-refractivity contribution in [1.29, 1.82) is 0 Å². The molecule has 0 radical (unpaired) electrons. The lowest BCUT2D eigenvalue weighted by atomic mass is 9.98. The number of nitrogens with one attached hydrogen (secondary N) is 1. The van der Waals surface area contributed by atoms with Gasteiger partial charge in [-0.15, -0.1) is 0 Å². The fraction of sp³-hybridized carbons (Fsp3) is 0.846. The molecule has 2 saturated heterocycles. The molecule has 2 atom stereocenters. The van der Waals surface area contributed by atoms with E-state index in [9.17, 15) is 0 Å². The molecule has 0 spiro atoms. The van der Waals surface area contributed by atoms with E-state index in [2.05, 4.69) is 27.3 Å². The molecule has 2 unspecified atom stereocenters. The van der Waals surface area contributed by atoms with E-state index in [1.54, 1.807) is 0 Å². The molecule has 0 aliphatic carbocycles. The maximum Gasteiger partial charge on any atom is 0.223 e. The lowest BCUT2D eigenvalue weighted by Crippen LogP contribution is -2.48. The second-order valence-electron chi connectivity index (χ2n) is 5.56. The molecule has 2 bridgehead atoms. The van der Waals surface area contributed by atoms with Crippen LogP contribution in [0.1, 0.15) is 44.3 Å². The van der Waals surface area contributed by atoms with Gasteiger partial charge in [0.05, 0.1) is 6.54 Å². The molecule has 100 valence electrons. The molecular weight excluding hydrogens is 228 g/mol. The Hall–Kier alpha value is -0.940. The predicted octanol–water partition coefficient (Wildman–Crippen LogP) is 1.48. The average Bonchev–Trinajstić information content (AvgIpc) is 2.92. The molecule has 1 N–H and O–H groups in total. The molecule has 1 aromatic rings. The Kier molecular flexibility index (Phi) is 3.35. The van der Waals surface area contributed by atoms with E-state index >= 15 is 0 Å². The van der Waals surface area contributed by atoms with Crippen molar-refractivity contribution in [3.8, 4) is 0 Å². The molecule has 5 heteroatoms. The summed E-state index contributed by atoms with van der Waals surface area (Å²) in [4.78, 5) is 6.81. The number of nitrogens with zero attached hydrogens (tertiary/aromatic N) is 3. The number of fused-ring (bicyclic) bond motifs is 2. The summed E-state index contributed by atoms with van der Waals surface area (Å²) < 4.78 is 5.05. The Balaban J connectivity index is 1.65. The van der Waals surface area contributed by atoms with E-state index in [-0.39, 0.29) is 0 Å². The van der Waals surface area contributed by atoms with Gasteiger partial charge in [-0.05, 0) is 32.2 Å². The molecule has 3 rings (SSSR count). The number of hydrogen-bond donors (Lipinski definition) is 1. The summed E-state index contributed by atoms with van der Waals surface area (Å²) in [5.74, 6) is 1.48. The van der Waals surface area contributed by atoms with Gasteiger partial charge in [0, 0.05) is 25.0 Å².